The fourth-order valence-corrected chi connectivity index (χ4v) is 3.20. The van der Waals surface area contributed by atoms with Crippen LogP contribution < -0.4 is 4.72 Å². The Labute approximate surface area is 120 Å². The summed E-state index contributed by atoms with van der Waals surface area (Å²) in [5.41, 5.74) is -2.56. The van der Waals surface area contributed by atoms with E-state index in [-0.39, 0.29) is 5.56 Å². The highest BCUT2D eigenvalue weighted by molar-refractivity contribution is 7.89. The molecule has 118 valence electrons. The molecular formula is C11H15FN2O6S. The van der Waals surface area contributed by atoms with Crippen LogP contribution in [0.2, 0.25) is 0 Å². The first kappa shape index (κ1) is 17.4. The van der Waals surface area contributed by atoms with Crippen molar-refractivity contribution in [3.8, 4) is 0 Å². The standard InChI is InChI=1S/C11H15FN2O6S/c1-7-3-8(12)9(14(17)18)4-10(7)21(19,20)13-11(2,5-15)6-16/h3-4,13,15-16H,5-6H2,1-2H3. The van der Waals surface area contributed by atoms with Gasteiger partial charge < -0.3 is 10.2 Å². The summed E-state index contributed by atoms with van der Waals surface area (Å²) in [5.74, 6) is -1.15. The molecule has 0 aromatic heterocycles. The predicted molar refractivity (Wildman–Crippen MR) is 70.7 cm³/mol. The number of nitro benzene ring substituents is 1. The average molecular weight is 322 g/mol. The zero-order valence-electron chi connectivity index (χ0n) is 11.3. The number of nitrogens with one attached hydrogen (secondary N) is 1. The SMILES string of the molecule is Cc1cc(F)c([N+](=O)[O-])cc1S(=O)(=O)NC(C)(CO)CO. The largest absolute Gasteiger partial charge is 0.394 e. The molecule has 0 spiro atoms. The van der Waals surface area contributed by atoms with Crippen molar-refractivity contribution in [3.63, 3.8) is 0 Å². The van der Waals surface area contributed by atoms with Crippen LogP contribution >= 0.6 is 0 Å². The van der Waals surface area contributed by atoms with E-state index >= 15 is 0 Å². The molecule has 0 saturated carbocycles. The van der Waals surface area contributed by atoms with E-state index in [9.17, 15) is 22.9 Å². The Balaban J connectivity index is 3.39. The summed E-state index contributed by atoms with van der Waals surface area (Å²) in [7, 11) is -4.29. The number of aliphatic hydroxyl groups excluding tert-OH is 2. The number of benzene rings is 1. The molecule has 0 radical (unpaired) electrons. The van der Waals surface area contributed by atoms with Crippen LogP contribution in [0, 0.1) is 22.9 Å². The Hall–Kier alpha value is -1.62. The maximum atomic E-state index is 13.4. The fourth-order valence-electron chi connectivity index (χ4n) is 1.57. The smallest absolute Gasteiger partial charge is 0.306 e. The van der Waals surface area contributed by atoms with E-state index in [2.05, 4.69) is 0 Å². The third kappa shape index (κ3) is 3.73. The van der Waals surface area contributed by atoms with Gasteiger partial charge in [0, 0.05) is 6.07 Å². The minimum atomic E-state index is -4.29. The van der Waals surface area contributed by atoms with Crippen molar-refractivity contribution >= 4 is 15.7 Å². The summed E-state index contributed by atoms with van der Waals surface area (Å²) in [6, 6.07) is 1.34. The number of sulfonamides is 1. The average Bonchev–Trinajstić information content (AvgIpc) is 2.37. The number of halogens is 1. The van der Waals surface area contributed by atoms with Crippen molar-refractivity contribution in [2.24, 2.45) is 0 Å². The van der Waals surface area contributed by atoms with E-state index in [1.807, 2.05) is 4.72 Å². The molecule has 1 aromatic carbocycles. The number of nitro groups is 1. The van der Waals surface area contributed by atoms with E-state index in [4.69, 9.17) is 10.2 Å². The van der Waals surface area contributed by atoms with Crippen LogP contribution in [0.15, 0.2) is 17.0 Å². The number of hydrogen-bond acceptors (Lipinski definition) is 6. The van der Waals surface area contributed by atoms with Crippen LogP contribution in [0.5, 0.6) is 0 Å². The molecule has 21 heavy (non-hydrogen) atoms. The van der Waals surface area contributed by atoms with E-state index in [0.29, 0.717) is 6.07 Å². The first-order valence-electron chi connectivity index (χ1n) is 5.76. The van der Waals surface area contributed by atoms with Gasteiger partial charge in [-0.2, -0.15) is 4.39 Å². The highest BCUT2D eigenvalue weighted by Gasteiger charge is 2.32. The minimum Gasteiger partial charge on any atom is -0.394 e. The molecule has 0 atom stereocenters. The maximum absolute atomic E-state index is 13.4. The molecule has 3 N–H and O–H groups in total. The summed E-state index contributed by atoms with van der Waals surface area (Å²) in [6.07, 6.45) is 0. The molecule has 0 amide bonds. The minimum absolute atomic E-state index is 0.0381. The maximum Gasteiger partial charge on any atom is 0.306 e. The Kier molecular flexibility index (Phi) is 4.99. The second kappa shape index (κ2) is 6.02. The monoisotopic (exact) mass is 322 g/mol. The van der Waals surface area contributed by atoms with Gasteiger partial charge >= 0.3 is 5.69 Å². The molecular weight excluding hydrogens is 307 g/mol. The quantitative estimate of drug-likeness (QED) is 0.502. The number of aliphatic hydroxyl groups is 2. The van der Waals surface area contributed by atoms with E-state index in [1.165, 1.54) is 13.8 Å². The summed E-state index contributed by atoms with van der Waals surface area (Å²) in [4.78, 5) is 9.15. The third-order valence-electron chi connectivity index (χ3n) is 2.81. The Morgan fingerprint density at radius 2 is 1.90 bits per heavy atom. The Bertz CT molecular complexity index is 657. The van der Waals surface area contributed by atoms with E-state index in [1.54, 1.807) is 0 Å². The lowest BCUT2D eigenvalue weighted by molar-refractivity contribution is -0.387. The van der Waals surface area contributed by atoms with Crippen LogP contribution in [0.1, 0.15) is 12.5 Å². The molecule has 1 rings (SSSR count). The summed E-state index contributed by atoms with van der Waals surface area (Å²) in [6.45, 7) is 1.14. The molecule has 10 heteroatoms. The summed E-state index contributed by atoms with van der Waals surface area (Å²) in [5, 5.41) is 28.9. The third-order valence-corrected chi connectivity index (χ3v) is 4.59. The normalized spacial score (nSPS) is 12.4. The van der Waals surface area contributed by atoms with Gasteiger partial charge in [-0.3, -0.25) is 10.1 Å². The van der Waals surface area contributed by atoms with Crippen molar-refractivity contribution in [2.45, 2.75) is 24.3 Å². The van der Waals surface area contributed by atoms with E-state index < -0.39 is 50.1 Å². The predicted octanol–water partition coefficient (Wildman–Crippen LogP) is 0.0639. The number of nitrogens with zero attached hydrogens (tertiary/aromatic N) is 1. The Morgan fingerprint density at radius 3 is 2.33 bits per heavy atom. The molecule has 0 fully saturated rings. The molecule has 0 heterocycles. The molecule has 1 aromatic rings. The lowest BCUT2D eigenvalue weighted by Gasteiger charge is -2.26. The fraction of sp³-hybridized carbons (Fsp3) is 0.455. The molecule has 0 aliphatic carbocycles. The van der Waals surface area contributed by atoms with Crippen molar-refractivity contribution in [3.05, 3.63) is 33.6 Å². The van der Waals surface area contributed by atoms with E-state index in [0.717, 1.165) is 6.07 Å². The summed E-state index contributed by atoms with van der Waals surface area (Å²) >= 11 is 0. The van der Waals surface area contributed by atoms with Crippen LogP contribution in [0.3, 0.4) is 0 Å². The van der Waals surface area contributed by atoms with Crippen molar-refractivity contribution in [2.75, 3.05) is 13.2 Å². The first-order chi connectivity index (χ1) is 9.56. The lowest BCUT2D eigenvalue weighted by Crippen LogP contribution is -2.51. The highest BCUT2D eigenvalue weighted by Crippen LogP contribution is 2.26. The van der Waals surface area contributed by atoms with Gasteiger partial charge in [-0.1, -0.05) is 0 Å². The molecule has 8 nitrogen and oxygen atoms in total. The van der Waals surface area contributed by atoms with Crippen molar-refractivity contribution in [1.82, 2.24) is 4.72 Å². The van der Waals surface area contributed by atoms with Crippen LogP contribution in [0.25, 0.3) is 0 Å². The Morgan fingerprint density at radius 1 is 1.38 bits per heavy atom. The summed E-state index contributed by atoms with van der Waals surface area (Å²) < 4.78 is 39.8. The zero-order valence-corrected chi connectivity index (χ0v) is 12.1. The van der Waals surface area contributed by atoms with Gasteiger partial charge in [-0.05, 0) is 25.5 Å². The van der Waals surface area contributed by atoms with Gasteiger partial charge in [0.25, 0.3) is 0 Å². The van der Waals surface area contributed by atoms with Gasteiger partial charge in [0.05, 0.1) is 28.6 Å². The highest BCUT2D eigenvalue weighted by atomic mass is 32.2. The van der Waals surface area contributed by atoms with Crippen LogP contribution in [0.4, 0.5) is 10.1 Å². The van der Waals surface area contributed by atoms with Gasteiger partial charge in [-0.25, -0.2) is 13.1 Å². The van der Waals surface area contributed by atoms with Gasteiger partial charge in [0.2, 0.25) is 15.8 Å². The molecule has 0 aliphatic rings. The lowest BCUT2D eigenvalue weighted by atomic mass is 10.1. The topological polar surface area (TPSA) is 130 Å². The van der Waals surface area contributed by atoms with Gasteiger partial charge in [0.15, 0.2) is 0 Å². The molecule has 0 saturated heterocycles. The molecule has 0 aliphatic heterocycles. The zero-order chi connectivity index (χ0) is 16.4. The number of rotatable bonds is 6. The van der Waals surface area contributed by atoms with Crippen molar-refractivity contribution in [1.29, 1.82) is 0 Å². The van der Waals surface area contributed by atoms with Crippen LogP contribution in [-0.4, -0.2) is 42.3 Å². The number of hydrogen-bond donors (Lipinski definition) is 3. The number of aryl methyl sites for hydroxylation is 1. The van der Waals surface area contributed by atoms with Crippen LogP contribution in [-0.2, 0) is 10.0 Å². The van der Waals surface area contributed by atoms with Crippen molar-refractivity contribution < 1.29 is 27.9 Å². The molecule has 0 unspecified atom stereocenters. The second-order valence-corrected chi connectivity index (χ2v) is 6.46. The first-order valence-corrected chi connectivity index (χ1v) is 7.25. The van der Waals surface area contributed by atoms with Gasteiger partial charge in [-0.15, -0.1) is 0 Å². The molecule has 0 bridgehead atoms. The second-order valence-electron chi connectivity index (χ2n) is 4.81. The van der Waals surface area contributed by atoms with Gasteiger partial charge in [0.1, 0.15) is 0 Å².